The molecule has 0 atom stereocenters. The third-order valence-corrected chi connectivity index (χ3v) is 5.94. The Labute approximate surface area is 130 Å². The average molecular weight is 385 g/mol. The third kappa shape index (κ3) is 3.63. The van der Waals surface area contributed by atoms with Crippen LogP contribution in [0.5, 0.6) is 0 Å². The van der Waals surface area contributed by atoms with Crippen LogP contribution in [-0.4, -0.2) is 28.1 Å². The van der Waals surface area contributed by atoms with Crippen molar-refractivity contribution < 1.29 is 30.7 Å². The zero-order valence-corrected chi connectivity index (χ0v) is 13.7. The summed E-state index contributed by atoms with van der Waals surface area (Å²) in [5.41, 5.74) is 2.43. The van der Waals surface area contributed by atoms with Crippen molar-refractivity contribution in [1.82, 2.24) is 0 Å². The Hall–Kier alpha value is -1.29. The van der Waals surface area contributed by atoms with Gasteiger partial charge in [-0.2, -0.15) is 0 Å². The Morgan fingerprint density at radius 3 is 3.05 bits per heavy atom. The fourth-order valence-corrected chi connectivity index (χ4v) is 4.70. The molecule has 0 amide bonds. The summed E-state index contributed by atoms with van der Waals surface area (Å²) in [7, 11) is 0. The molecule has 1 aliphatic rings. The van der Waals surface area contributed by atoms with E-state index in [1.807, 2.05) is 25.1 Å². The van der Waals surface area contributed by atoms with E-state index in [4.69, 9.17) is 10.00 Å². The number of benzene rings is 1. The van der Waals surface area contributed by atoms with Crippen LogP contribution in [0.2, 0.25) is 0 Å². The number of hydrogen-bond acceptors (Lipinski definition) is 4. The molecular formula is C15H18IN2O2-. The summed E-state index contributed by atoms with van der Waals surface area (Å²) in [5, 5.41) is 8.80. The van der Waals surface area contributed by atoms with Crippen LogP contribution in [0.4, 0.5) is 5.69 Å². The zero-order valence-electron chi connectivity index (χ0n) is 11.6. The number of hydrogen-bond donors (Lipinski definition) is 0. The summed E-state index contributed by atoms with van der Waals surface area (Å²) in [5.74, 6) is -0.286. The van der Waals surface area contributed by atoms with Gasteiger partial charge in [0.1, 0.15) is 0 Å². The molecule has 0 radical (unpaired) electrons. The number of esters is 1. The molecule has 5 heteroatoms. The summed E-state index contributed by atoms with van der Waals surface area (Å²) < 4.78 is 7.60. The third-order valence-electron chi connectivity index (χ3n) is 3.10. The molecule has 1 heterocycles. The topological polar surface area (TPSA) is 53.3 Å². The van der Waals surface area contributed by atoms with Gasteiger partial charge in [0, 0.05) is 0 Å². The van der Waals surface area contributed by atoms with Crippen LogP contribution in [-0.2, 0) is 11.2 Å². The first-order valence-corrected chi connectivity index (χ1v) is 9.76. The minimum atomic E-state index is -0.286. The Morgan fingerprint density at radius 1 is 1.55 bits per heavy atom. The van der Waals surface area contributed by atoms with Gasteiger partial charge in [0.05, 0.1) is 0 Å². The Morgan fingerprint density at radius 2 is 2.40 bits per heavy atom. The van der Waals surface area contributed by atoms with E-state index in [2.05, 4.69) is 11.0 Å². The number of carbonyl (C=O) groups excluding carboxylic acids is 1. The molecule has 4 nitrogen and oxygen atoms in total. The second kappa shape index (κ2) is 7.48. The molecule has 1 aromatic rings. The van der Waals surface area contributed by atoms with E-state index < -0.39 is 0 Å². The van der Waals surface area contributed by atoms with Crippen molar-refractivity contribution in [2.45, 2.75) is 19.8 Å². The van der Waals surface area contributed by atoms with Gasteiger partial charge >= 0.3 is 130 Å². The summed E-state index contributed by atoms with van der Waals surface area (Å²) in [6, 6.07) is 7.83. The molecule has 0 aliphatic carbocycles. The van der Waals surface area contributed by atoms with Gasteiger partial charge in [-0.15, -0.1) is 0 Å². The van der Waals surface area contributed by atoms with Crippen molar-refractivity contribution >= 4 is 11.7 Å². The fraction of sp³-hybridized carbons (Fsp3) is 0.467. The standard InChI is InChI=1S/C15H18IN2O2/c1-2-20-15(19)13-10-12(6-8-17)4-5-14(13)18-9-3-7-16-11-18/h4-5,10H,2-3,6-7,9,11H2,1H3/q-1. The minimum absolute atomic E-state index is 0.214. The van der Waals surface area contributed by atoms with Gasteiger partial charge < -0.3 is 0 Å². The van der Waals surface area contributed by atoms with Crippen molar-refractivity contribution in [3.05, 3.63) is 29.3 Å². The second-order valence-electron chi connectivity index (χ2n) is 4.52. The summed E-state index contributed by atoms with van der Waals surface area (Å²) in [4.78, 5) is 14.4. The number of anilines is 1. The van der Waals surface area contributed by atoms with Gasteiger partial charge in [-0.1, -0.05) is 0 Å². The predicted octanol–water partition coefficient (Wildman–Crippen LogP) is -0.814. The van der Waals surface area contributed by atoms with Crippen molar-refractivity contribution in [2.24, 2.45) is 0 Å². The Bertz CT molecular complexity index is 519. The molecule has 0 aromatic heterocycles. The monoisotopic (exact) mass is 385 g/mol. The van der Waals surface area contributed by atoms with E-state index in [1.165, 1.54) is 10.8 Å². The number of ether oxygens (including phenoxy) is 1. The Balaban J connectivity index is 2.33. The second-order valence-corrected chi connectivity index (χ2v) is 7.36. The van der Waals surface area contributed by atoms with E-state index >= 15 is 0 Å². The molecule has 0 saturated carbocycles. The zero-order chi connectivity index (χ0) is 14.4. The normalized spacial score (nSPS) is 15.1. The fourth-order valence-electron chi connectivity index (χ4n) is 2.18. The van der Waals surface area contributed by atoms with Crippen molar-refractivity contribution in [3.63, 3.8) is 0 Å². The van der Waals surface area contributed by atoms with E-state index in [9.17, 15) is 4.79 Å². The van der Waals surface area contributed by atoms with Crippen LogP contribution in [0.1, 0.15) is 29.3 Å². The molecule has 108 valence electrons. The molecule has 1 aliphatic heterocycles. The molecule has 0 N–H and O–H groups in total. The summed E-state index contributed by atoms with van der Waals surface area (Å²) in [6.45, 7) is 3.18. The first-order chi connectivity index (χ1) is 9.76. The van der Waals surface area contributed by atoms with Crippen LogP contribution in [0.15, 0.2) is 18.2 Å². The predicted molar refractivity (Wildman–Crippen MR) is 73.4 cm³/mol. The van der Waals surface area contributed by atoms with Crippen LogP contribution >= 0.6 is 0 Å². The molecule has 2 rings (SSSR count). The first kappa shape index (κ1) is 15.1. The van der Waals surface area contributed by atoms with Gasteiger partial charge in [0.15, 0.2) is 0 Å². The van der Waals surface area contributed by atoms with E-state index in [1.54, 1.807) is 0 Å². The molecule has 0 unspecified atom stereocenters. The van der Waals surface area contributed by atoms with E-state index in [-0.39, 0.29) is 27.2 Å². The average Bonchev–Trinajstić information content (AvgIpc) is 2.49. The van der Waals surface area contributed by atoms with E-state index in [0.29, 0.717) is 18.6 Å². The number of nitrogens with zero attached hydrogens (tertiary/aromatic N) is 2. The van der Waals surface area contributed by atoms with Crippen LogP contribution in [0.25, 0.3) is 0 Å². The quantitative estimate of drug-likeness (QED) is 0.295. The molecule has 20 heavy (non-hydrogen) atoms. The molecule has 0 bridgehead atoms. The first-order valence-electron chi connectivity index (χ1n) is 6.71. The van der Waals surface area contributed by atoms with Crippen molar-refractivity contribution in [2.75, 3.05) is 27.0 Å². The maximum atomic E-state index is 12.1. The Kier molecular flexibility index (Phi) is 5.65. The summed E-state index contributed by atoms with van der Waals surface area (Å²) >= 11 is 0.214. The molecule has 1 aromatic carbocycles. The van der Waals surface area contributed by atoms with Crippen LogP contribution < -0.4 is 26.1 Å². The number of nitriles is 1. The molecule has 0 spiro atoms. The molecular weight excluding hydrogens is 367 g/mol. The van der Waals surface area contributed by atoms with Gasteiger partial charge in [-0.3, -0.25) is 0 Å². The van der Waals surface area contributed by atoms with Gasteiger partial charge in [-0.05, 0) is 0 Å². The van der Waals surface area contributed by atoms with Crippen molar-refractivity contribution in [1.29, 1.82) is 5.26 Å². The molecule has 1 fully saturated rings. The maximum absolute atomic E-state index is 12.1. The number of alkyl halides is 2. The van der Waals surface area contributed by atoms with Crippen LogP contribution in [0.3, 0.4) is 0 Å². The molecule has 1 saturated heterocycles. The van der Waals surface area contributed by atoms with E-state index in [0.717, 1.165) is 22.3 Å². The summed E-state index contributed by atoms with van der Waals surface area (Å²) in [6.07, 6.45) is 1.52. The van der Waals surface area contributed by atoms with Gasteiger partial charge in [-0.25, -0.2) is 0 Å². The number of rotatable bonds is 4. The SMILES string of the molecule is CCOC(=O)c1cc(CC#N)ccc1N1CCC[I-]C1. The van der Waals surface area contributed by atoms with Crippen molar-refractivity contribution in [3.8, 4) is 6.07 Å². The number of halogens is 1. The van der Waals surface area contributed by atoms with Gasteiger partial charge in [0.25, 0.3) is 0 Å². The number of carbonyl (C=O) groups is 1. The van der Waals surface area contributed by atoms with Crippen LogP contribution in [0, 0.1) is 11.3 Å². The van der Waals surface area contributed by atoms with Gasteiger partial charge in [0.2, 0.25) is 0 Å².